The molecular formula is C11H23N. The summed E-state index contributed by atoms with van der Waals surface area (Å²) in [5.74, 6) is 1.83. The third kappa shape index (κ3) is 2.48. The smallest absolute Gasteiger partial charge is 0.00954 e. The summed E-state index contributed by atoms with van der Waals surface area (Å²) in [4.78, 5) is 0. The second-order valence-electron chi connectivity index (χ2n) is 4.27. The lowest BCUT2D eigenvalue weighted by Crippen LogP contribution is -2.45. The molecule has 0 heterocycles. The molecule has 1 rings (SSSR count). The molecule has 0 aromatic heterocycles. The fraction of sp³-hybridized carbons (Fsp3) is 1.00. The van der Waals surface area contributed by atoms with E-state index in [0.29, 0.717) is 0 Å². The fourth-order valence-electron chi connectivity index (χ4n) is 1.82. The predicted octanol–water partition coefficient (Wildman–Crippen LogP) is 2.81. The van der Waals surface area contributed by atoms with E-state index in [1.54, 1.807) is 0 Å². The first kappa shape index (κ1) is 10.0. The van der Waals surface area contributed by atoms with E-state index in [0.717, 1.165) is 17.9 Å². The first-order valence-corrected chi connectivity index (χ1v) is 5.51. The zero-order valence-corrected chi connectivity index (χ0v) is 8.77. The molecule has 1 fully saturated rings. The Labute approximate surface area is 76.9 Å². The lowest BCUT2D eigenvalue weighted by Gasteiger charge is -2.37. The SMILES string of the molecule is CCC(C)CN[C@@H]1CCC1CC. The molecule has 2 unspecified atom stereocenters. The van der Waals surface area contributed by atoms with Gasteiger partial charge >= 0.3 is 0 Å². The average molecular weight is 169 g/mol. The highest BCUT2D eigenvalue weighted by Gasteiger charge is 2.28. The molecule has 0 saturated heterocycles. The molecule has 0 bridgehead atoms. The van der Waals surface area contributed by atoms with Gasteiger partial charge in [-0.3, -0.25) is 0 Å². The van der Waals surface area contributed by atoms with Crippen LogP contribution in [0.15, 0.2) is 0 Å². The van der Waals surface area contributed by atoms with Crippen molar-refractivity contribution in [3.05, 3.63) is 0 Å². The molecule has 0 aromatic rings. The van der Waals surface area contributed by atoms with E-state index in [2.05, 4.69) is 26.1 Å². The van der Waals surface area contributed by atoms with Crippen LogP contribution in [-0.4, -0.2) is 12.6 Å². The molecule has 1 nitrogen and oxygen atoms in total. The van der Waals surface area contributed by atoms with Gasteiger partial charge in [-0.1, -0.05) is 33.6 Å². The van der Waals surface area contributed by atoms with Crippen LogP contribution in [0.3, 0.4) is 0 Å². The number of rotatable bonds is 5. The number of hydrogen-bond acceptors (Lipinski definition) is 1. The van der Waals surface area contributed by atoms with Crippen LogP contribution in [0, 0.1) is 11.8 Å². The third-order valence-corrected chi connectivity index (χ3v) is 3.37. The van der Waals surface area contributed by atoms with Crippen molar-refractivity contribution >= 4 is 0 Å². The molecule has 3 atom stereocenters. The number of hydrogen-bond donors (Lipinski definition) is 1. The lowest BCUT2D eigenvalue weighted by atomic mass is 9.78. The van der Waals surface area contributed by atoms with E-state index in [1.165, 1.54) is 32.2 Å². The van der Waals surface area contributed by atoms with Gasteiger partial charge in [-0.05, 0) is 31.2 Å². The molecule has 12 heavy (non-hydrogen) atoms. The normalized spacial score (nSPS) is 31.2. The largest absolute Gasteiger partial charge is 0.313 e. The van der Waals surface area contributed by atoms with Crippen LogP contribution in [0.2, 0.25) is 0 Å². The molecule has 72 valence electrons. The van der Waals surface area contributed by atoms with Gasteiger partial charge in [0.1, 0.15) is 0 Å². The molecule has 1 saturated carbocycles. The summed E-state index contributed by atoms with van der Waals surface area (Å²) in [6.45, 7) is 8.12. The Bertz CT molecular complexity index is 120. The van der Waals surface area contributed by atoms with Crippen LogP contribution < -0.4 is 5.32 Å². The molecule has 0 aromatic carbocycles. The molecule has 1 heteroatoms. The molecule has 1 aliphatic carbocycles. The zero-order valence-electron chi connectivity index (χ0n) is 8.77. The Morgan fingerprint density at radius 3 is 2.50 bits per heavy atom. The van der Waals surface area contributed by atoms with Crippen LogP contribution in [-0.2, 0) is 0 Å². The Kier molecular flexibility index (Phi) is 4.07. The van der Waals surface area contributed by atoms with Crippen molar-refractivity contribution in [1.29, 1.82) is 0 Å². The monoisotopic (exact) mass is 169 g/mol. The second-order valence-corrected chi connectivity index (χ2v) is 4.27. The van der Waals surface area contributed by atoms with Gasteiger partial charge in [0.05, 0.1) is 0 Å². The van der Waals surface area contributed by atoms with Gasteiger partial charge in [0.25, 0.3) is 0 Å². The van der Waals surface area contributed by atoms with E-state index in [1.807, 2.05) is 0 Å². The van der Waals surface area contributed by atoms with Crippen LogP contribution >= 0.6 is 0 Å². The molecular weight excluding hydrogens is 146 g/mol. The first-order valence-electron chi connectivity index (χ1n) is 5.51. The van der Waals surface area contributed by atoms with Gasteiger partial charge < -0.3 is 5.32 Å². The quantitative estimate of drug-likeness (QED) is 0.667. The van der Waals surface area contributed by atoms with Crippen molar-refractivity contribution in [2.75, 3.05) is 6.54 Å². The zero-order chi connectivity index (χ0) is 8.97. The summed E-state index contributed by atoms with van der Waals surface area (Å²) in [5, 5.41) is 3.67. The van der Waals surface area contributed by atoms with Crippen LogP contribution in [0.4, 0.5) is 0 Å². The minimum atomic E-state index is 0.850. The summed E-state index contributed by atoms with van der Waals surface area (Å²) in [5.41, 5.74) is 0. The summed E-state index contributed by atoms with van der Waals surface area (Å²) in [7, 11) is 0. The Balaban J connectivity index is 2.07. The summed E-state index contributed by atoms with van der Waals surface area (Å²) >= 11 is 0. The lowest BCUT2D eigenvalue weighted by molar-refractivity contribution is 0.197. The molecule has 1 N–H and O–H groups in total. The highest BCUT2D eigenvalue weighted by Crippen LogP contribution is 2.29. The minimum absolute atomic E-state index is 0.850. The summed E-state index contributed by atoms with van der Waals surface area (Å²) < 4.78 is 0. The highest BCUT2D eigenvalue weighted by atomic mass is 14.9. The topological polar surface area (TPSA) is 12.0 Å². The van der Waals surface area contributed by atoms with Crippen molar-refractivity contribution in [3.63, 3.8) is 0 Å². The predicted molar refractivity (Wildman–Crippen MR) is 54.3 cm³/mol. The highest BCUT2D eigenvalue weighted by molar-refractivity contribution is 4.85. The van der Waals surface area contributed by atoms with Gasteiger partial charge in [-0.25, -0.2) is 0 Å². The van der Waals surface area contributed by atoms with E-state index in [-0.39, 0.29) is 0 Å². The standard InChI is InChI=1S/C11H23N/c1-4-9(3)8-12-11-7-6-10(11)5-2/h9-12H,4-8H2,1-3H3/t9?,10?,11-/m1/s1. The molecule has 0 radical (unpaired) electrons. The second kappa shape index (κ2) is 4.86. The maximum Gasteiger partial charge on any atom is 0.00954 e. The van der Waals surface area contributed by atoms with E-state index >= 15 is 0 Å². The van der Waals surface area contributed by atoms with Gasteiger partial charge in [0.15, 0.2) is 0 Å². The van der Waals surface area contributed by atoms with Crippen molar-refractivity contribution in [2.45, 2.75) is 52.5 Å². The molecule has 0 amide bonds. The fourth-order valence-corrected chi connectivity index (χ4v) is 1.82. The maximum absolute atomic E-state index is 3.67. The minimum Gasteiger partial charge on any atom is -0.313 e. The Hall–Kier alpha value is -0.0400. The van der Waals surface area contributed by atoms with Crippen LogP contribution in [0.25, 0.3) is 0 Å². The summed E-state index contributed by atoms with van der Waals surface area (Å²) in [6, 6.07) is 0.851. The van der Waals surface area contributed by atoms with Gasteiger partial charge in [0.2, 0.25) is 0 Å². The van der Waals surface area contributed by atoms with Crippen molar-refractivity contribution in [2.24, 2.45) is 11.8 Å². The Morgan fingerprint density at radius 2 is 2.08 bits per heavy atom. The maximum atomic E-state index is 3.67. The van der Waals surface area contributed by atoms with Gasteiger partial charge in [-0.15, -0.1) is 0 Å². The summed E-state index contributed by atoms with van der Waals surface area (Å²) in [6.07, 6.45) is 5.53. The van der Waals surface area contributed by atoms with Crippen molar-refractivity contribution in [3.8, 4) is 0 Å². The Morgan fingerprint density at radius 1 is 1.33 bits per heavy atom. The molecule has 1 aliphatic rings. The molecule has 0 aliphatic heterocycles. The van der Waals surface area contributed by atoms with Crippen molar-refractivity contribution < 1.29 is 0 Å². The van der Waals surface area contributed by atoms with E-state index in [9.17, 15) is 0 Å². The third-order valence-electron chi connectivity index (χ3n) is 3.37. The van der Waals surface area contributed by atoms with Crippen LogP contribution in [0.5, 0.6) is 0 Å². The molecule has 0 spiro atoms. The van der Waals surface area contributed by atoms with Crippen molar-refractivity contribution in [1.82, 2.24) is 5.32 Å². The number of nitrogens with one attached hydrogen (secondary N) is 1. The van der Waals surface area contributed by atoms with Gasteiger partial charge in [0, 0.05) is 6.04 Å². The van der Waals surface area contributed by atoms with Gasteiger partial charge in [-0.2, -0.15) is 0 Å². The van der Waals surface area contributed by atoms with E-state index in [4.69, 9.17) is 0 Å². The van der Waals surface area contributed by atoms with Crippen LogP contribution in [0.1, 0.15) is 46.5 Å². The average Bonchev–Trinajstić information content (AvgIpc) is 2.03. The first-order chi connectivity index (χ1) is 5.77. The van der Waals surface area contributed by atoms with E-state index < -0.39 is 0 Å².